The summed E-state index contributed by atoms with van der Waals surface area (Å²) in [6.07, 6.45) is 0.726. The van der Waals surface area contributed by atoms with Crippen molar-refractivity contribution in [3.05, 3.63) is 36.4 Å². The average Bonchev–Trinajstić information content (AvgIpc) is 2.29. The van der Waals surface area contributed by atoms with Crippen LogP contribution in [-0.4, -0.2) is 17.8 Å². The van der Waals surface area contributed by atoms with Crippen molar-refractivity contribution in [3.8, 4) is 5.75 Å². The first-order chi connectivity index (χ1) is 7.61. The number of nitrogens with one attached hydrogen (secondary N) is 1. The maximum atomic E-state index is 11.4. The number of ether oxygens (including phenoxy) is 1. The quantitative estimate of drug-likeness (QED) is 0.606. The Labute approximate surface area is 92.9 Å². The van der Waals surface area contributed by atoms with E-state index in [0.717, 1.165) is 0 Å². The van der Waals surface area contributed by atoms with E-state index in [9.17, 15) is 9.59 Å². The largest absolute Gasteiger partial charge is 0.479 e. The van der Waals surface area contributed by atoms with Gasteiger partial charge in [-0.05, 0) is 31.2 Å². The van der Waals surface area contributed by atoms with Crippen molar-refractivity contribution in [3.63, 3.8) is 0 Å². The standard InChI is InChI=1S/C12H11NO3/c1-3-10(14)8-4-5-11-9(6-8)13-12(15)7(2)16-11/h3-7H,1H2,2H3,(H,13,15). The average molecular weight is 217 g/mol. The van der Waals surface area contributed by atoms with Gasteiger partial charge in [0.25, 0.3) is 5.91 Å². The van der Waals surface area contributed by atoms with E-state index in [4.69, 9.17) is 4.74 Å². The van der Waals surface area contributed by atoms with Gasteiger partial charge in [-0.1, -0.05) is 6.58 Å². The van der Waals surface area contributed by atoms with E-state index in [1.54, 1.807) is 25.1 Å². The van der Waals surface area contributed by atoms with Crippen LogP contribution in [0.4, 0.5) is 5.69 Å². The van der Waals surface area contributed by atoms with Crippen LogP contribution in [0.1, 0.15) is 17.3 Å². The number of amides is 1. The lowest BCUT2D eigenvalue weighted by Gasteiger charge is -2.23. The summed E-state index contributed by atoms with van der Waals surface area (Å²) in [6.45, 7) is 5.08. The number of hydrogen-bond acceptors (Lipinski definition) is 3. The molecule has 1 unspecified atom stereocenters. The molecule has 1 aliphatic heterocycles. The molecule has 4 heteroatoms. The van der Waals surface area contributed by atoms with Crippen LogP contribution in [0.15, 0.2) is 30.9 Å². The third-order valence-electron chi connectivity index (χ3n) is 2.38. The molecule has 0 aliphatic carbocycles. The number of ketones is 1. The minimum Gasteiger partial charge on any atom is -0.479 e. The molecule has 0 saturated carbocycles. The Kier molecular flexibility index (Phi) is 2.48. The van der Waals surface area contributed by atoms with Crippen LogP contribution in [0.2, 0.25) is 0 Å². The first kappa shape index (κ1) is 10.4. The molecule has 16 heavy (non-hydrogen) atoms. The van der Waals surface area contributed by atoms with Gasteiger partial charge in [-0.15, -0.1) is 0 Å². The summed E-state index contributed by atoms with van der Waals surface area (Å²) in [7, 11) is 0. The van der Waals surface area contributed by atoms with E-state index in [2.05, 4.69) is 11.9 Å². The van der Waals surface area contributed by atoms with Crippen LogP contribution >= 0.6 is 0 Å². The van der Waals surface area contributed by atoms with Crippen LogP contribution in [-0.2, 0) is 4.79 Å². The number of benzene rings is 1. The third-order valence-corrected chi connectivity index (χ3v) is 2.38. The van der Waals surface area contributed by atoms with E-state index in [1.807, 2.05) is 0 Å². The van der Waals surface area contributed by atoms with Crippen molar-refractivity contribution in [1.29, 1.82) is 0 Å². The Morgan fingerprint density at radius 2 is 2.31 bits per heavy atom. The zero-order valence-corrected chi connectivity index (χ0v) is 8.82. The lowest BCUT2D eigenvalue weighted by Crippen LogP contribution is -2.34. The Morgan fingerprint density at radius 3 is 3.00 bits per heavy atom. The van der Waals surface area contributed by atoms with Gasteiger partial charge in [0.05, 0.1) is 5.69 Å². The van der Waals surface area contributed by atoms with E-state index in [1.165, 1.54) is 6.08 Å². The number of allylic oxidation sites excluding steroid dienone is 1. The summed E-state index contributed by atoms with van der Waals surface area (Å²) >= 11 is 0. The molecule has 0 spiro atoms. The summed E-state index contributed by atoms with van der Waals surface area (Å²) < 4.78 is 5.36. The second kappa shape index (κ2) is 3.81. The highest BCUT2D eigenvalue weighted by Crippen LogP contribution is 2.30. The molecule has 1 aromatic rings. The van der Waals surface area contributed by atoms with Gasteiger partial charge in [0, 0.05) is 5.56 Å². The normalized spacial score (nSPS) is 18.1. The van der Waals surface area contributed by atoms with Crippen LogP contribution < -0.4 is 10.1 Å². The Bertz CT molecular complexity index is 479. The summed E-state index contributed by atoms with van der Waals surface area (Å²) in [5.41, 5.74) is 1.00. The number of fused-ring (bicyclic) bond motifs is 1. The van der Waals surface area contributed by atoms with Crippen LogP contribution in [0, 0.1) is 0 Å². The fraction of sp³-hybridized carbons (Fsp3) is 0.167. The number of carbonyl (C=O) groups excluding carboxylic acids is 2. The molecular formula is C12H11NO3. The highest BCUT2D eigenvalue weighted by atomic mass is 16.5. The molecule has 1 aromatic carbocycles. The lowest BCUT2D eigenvalue weighted by molar-refractivity contribution is -0.122. The van der Waals surface area contributed by atoms with Crippen molar-refractivity contribution in [2.45, 2.75) is 13.0 Å². The van der Waals surface area contributed by atoms with Crippen LogP contribution in [0.5, 0.6) is 5.75 Å². The zero-order chi connectivity index (χ0) is 11.7. The van der Waals surface area contributed by atoms with Gasteiger partial charge < -0.3 is 10.1 Å². The topological polar surface area (TPSA) is 55.4 Å². The molecule has 1 N–H and O–H groups in total. The smallest absolute Gasteiger partial charge is 0.265 e. The molecule has 0 radical (unpaired) electrons. The van der Waals surface area contributed by atoms with Gasteiger partial charge in [0.1, 0.15) is 5.75 Å². The summed E-state index contributed by atoms with van der Waals surface area (Å²) in [6, 6.07) is 4.90. The lowest BCUT2D eigenvalue weighted by atomic mass is 10.1. The van der Waals surface area contributed by atoms with Crippen molar-refractivity contribution in [2.75, 3.05) is 5.32 Å². The predicted octanol–water partition coefficient (Wildman–Crippen LogP) is 1.77. The maximum absolute atomic E-state index is 11.4. The van der Waals surface area contributed by atoms with Gasteiger partial charge in [0.2, 0.25) is 0 Å². The second-order valence-electron chi connectivity index (χ2n) is 3.53. The van der Waals surface area contributed by atoms with Crippen LogP contribution in [0.25, 0.3) is 0 Å². The number of carbonyl (C=O) groups is 2. The van der Waals surface area contributed by atoms with E-state index >= 15 is 0 Å². The van der Waals surface area contributed by atoms with Gasteiger partial charge in [-0.2, -0.15) is 0 Å². The molecule has 0 fully saturated rings. The second-order valence-corrected chi connectivity index (χ2v) is 3.53. The number of hydrogen-bond donors (Lipinski definition) is 1. The molecule has 2 rings (SSSR count). The molecule has 0 saturated heterocycles. The van der Waals surface area contributed by atoms with Gasteiger partial charge in [-0.3, -0.25) is 9.59 Å². The number of anilines is 1. The van der Waals surface area contributed by atoms with Crippen molar-refractivity contribution < 1.29 is 14.3 Å². The van der Waals surface area contributed by atoms with E-state index < -0.39 is 6.10 Å². The molecule has 1 atom stereocenters. The number of rotatable bonds is 2. The molecule has 1 heterocycles. The first-order valence-electron chi connectivity index (χ1n) is 4.90. The highest BCUT2D eigenvalue weighted by molar-refractivity contribution is 6.06. The van der Waals surface area contributed by atoms with E-state index in [-0.39, 0.29) is 11.7 Å². The fourth-order valence-electron chi connectivity index (χ4n) is 1.48. The third kappa shape index (κ3) is 1.69. The van der Waals surface area contributed by atoms with E-state index in [0.29, 0.717) is 17.0 Å². The first-order valence-corrected chi connectivity index (χ1v) is 4.90. The van der Waals surface area contributed by atoms with Gasteiger partial charge in [-0.25, -0.2) is 0 Å². The molecular weight excluding hydrogens is 206 g/mol. The SMILES string of the molecule is C=CC(=O)c1ccc2c(c1)NC(=O)C(C)O2. The Balaban J connectivity index is 2.40. The molecule has 4 nitrogen and oxygen atoms in total. The van der Waals surface area contributed by atoms with Gasteiger partial charge >= 0.3 is 0 Å². The summed E-state index contributed by atoms with van der Waals surface area (Å²) in [5, 5.41) is 2.68. The van der Waals surface area contributed by atoms with Crippen molar-refractivity contribution in [1.82, 2.24) is 0 Å². The predicted molar refractivity (Wildman–Crippen MR) is 59.7 cm³/mol. The van der Waals surface area contributed by atoms with Crippen molar-refractivity contribution in [2.24, 2.45) is 0 Å². The highest BCUT2D eigenvalue weighted by Gasteiger charge is 2.23. The van der Waals surface area contributed by atoms with Crippen LogP contribution in [0.3, 0.4) is 0 Å². The summed E-state index contributed by atoms with van der Waals surface area (Å²) in [5.74, 6) is 0.180. The molecule has 82 valence electrons. The minimum absolute atomic E-state index is 0.185. The summed E-state index contributed by atoms with van der Waals surface area (Å²) in [4.78, 5) is 22.7. The minimum atomic E-state index is -0.506. The van der Waals surface area contributed by atoms with Gasteiger partial charge in [0.15, 0.2) is 11.9 Å². The fourth-order valence-corrected chi connectivity index (χ4v) is 1.48. The Morgan fingerprint density at radius 1 is 1.56 bits per heavy atom. The molecule has 1 aliphatic rings. The zero-order valence-electron chi connectivity index (χ0n) is 8.82. The molecule has 0 aromatic heterocycles. The Hall–Kier alpha value is -2.10. The van der Waals surface area contributed by atoms with Crippen molar-refractivity contribution >= 4 is 17.4 Å². The molecule has 0 bridgehead atoms. The maximum Gasteiger partial charge on any atom is 0.265 e. The molecule has 1 amide bonds. The monoisotopic (exact) mass is 217 g/mol.